The van der Waals surface area contributed by atoms with E-state index in [1.807, 2.05) is 0 Å². The number of aliphatic hydroxyl groups excluding tert-OH is 1. The van der Waals surface area contributed by atoms with Crippen molar-refractivity contribution in [2.75, 3.05) is 32.8 Å². The van der Waals surface area contributed by atoms with Gasteiger partial charge in [-0.2, -0.15) is 0 Å². The van der Waals surface area contributed by atoms with E-state index in [0.29, 0.717) is 31.7 Å². The minimum atomic E-state index is -3.37. The smallest absolute Gasteiger partial charge is 0.289 e. The van der Waals surface area contributed by atoms with E-state index in [0.717, 1.165) is 0 Å². The van der Waals surface area contributed by atoms with Crippen LogP contribution in [-0.4, -0.2) is 53.6 Å². The van der Waals surface area contributed by atoms with E-state index in [1.54, 1.807) is 11.8 Å². The summed E-state index contributed by atoms with van der Waals surface area (Å²) in [5.41, 5.74) is 0.379. The molecule has 1 aliphatic rings. The summed E-state index contributed by atoms with van der Waals surface area (Å²) in [4.78, 5) is 12.0. The zero-order valence-corrected chi connectivity index (χ0v) is 12.3. The number of aryl methyl sites for hydroxylation is 1. The first kappa shape index (κ1) is 16.7. The van der Waals surface area contributed by atoms with Crippen LogP contribution in [-0.2, 0) is 0 Å². The van der Waals surface area contributed by atoms with Crippen molar-refractivity contribution in [2.24, 2.45) is 0 Å². The van der Waals surface area contributed by atoms with Crippen molar-refractivity contribution < 1.29 is 18.8 Å². The first-order valence-corrected chi connectivity index (χ1v) is 7.05. The highest BCUT2D eigenvalue weighted by atomic mass is 19.3. The average Bonchev–Trinajstić information content (AvgIpc) is 2.50. The van der Waals surface area contributed by atoms with Gasteiger partial charge in [0, 0.05) is 37.8 Å². The maximum Gasteiger partial charge on any atom is 0.289 e. The highest BCUT2D eigenvalue weighted by Crippen LogP contribution is 2.38. The number of rotatable bonds is 5. The molecule has 0 bridgehead atoms. The highest BCUT2D eigenvalue weighted by molar-refractivity contribution is 5.44. The van der Waals surface area contributed by atoms with Gasteiger partial charge in [-0.15, -0.1) is 0 Å². The third kappa shape index (κ3) is 3.40. The van der Waals surface area contributed by atoms with Crippen LogP contribution in [0.3, 0.4) is 0 Å². The van der Waals surface area contributed by atoms with Gasteiger partial charge >= 0.3 is 0 Å². The molecule has 2 rings (SSSR count). The Labute approximate surface area is 126 Å². The predicted octanol–water partition coefficient (Wildman–Crippen LogP) is 1.48. The Morgan fingerprint density at radius 2 is 2.09 bits per heavy atom. The van der Waals surface area contributed by atoms with E-state index in [9.17, 15) is 18.9 Å². The summed E-state index contributed by atoms with van der Waals surface area (Å²) >= 11 is 0. The molecule has 0 spiro atoms. The molecule has 1 heterocycles. The average molecular weight is 315 g/mol. The summed E-state index contributed by atoms with van der Waals surface area (Å²) in [6.45, 7) is 2.16. The van der Waals surface area contributed by atoms with Crippen LogP contribution in [0.4, 0.5) is 14.5 Å². The van der Waals surface area contributed by atoms with Crippen molar-refractivity contribution in [1.82, 2.24) is 10.2 Å². The molecular formula is C14H19F2N3O3. The molecule has 1 aliphatic heterocycles. The van der Waals surface area contributed by atoms with Gasteiger partial charge in [0.2, 0.25) is 0 Å². The number of hydrogen-bond donors (Lipinski definition) is 2. The maximum atomic E-state index is 14.2. The molecular weight excluding hydrogens is 296 g/mol. The molecule has 1 saturated heterocycles. The zero-order chi connectivity index (χ0) is 16.3. The van der Waals surface area contributed by atoms with Gasteiger partial charge in [-0.25, -0.2) is 8.78 Å². The maximum absolute atomic E-state index is 14.2. The Balaban J connectivity index is 2.44. The number of halogens is 2. The molecule has 8 heteroatoms. The third-order valence-corrected chi connectivity index (χ3v) is 3.87. The highest BCUT2D eigenvalue weighted by Gasteiger charge is 2.44. The number of aliphatic hydroxyl groups is 1. The standard InChI is InChI=1S/C14H19F2N3O3/c1-10-2-3-11(8-12(10)19(21)22)13(14(15,16)9-20)18-6-4-17-5-7-18/h2-3,8,13,17,20H,4-7,9H2,1H3/t13-/m1/s1. The van der Waals surface area contributed by atoms with Crippen molar-refractivity contribution >= 4 is 5.69 Å². The van der Waals surface area contributed by atoms with E-state index in [1.165, 1.54) is 18.2 Å². The molecule has 0 aliphatic carbocycles. The molecule has 0 aromatic heterocycles. The van der Waals surface area contributed by atoms with E-state index in [2.05, 4.69) is 5.32 Å². The fraction of sp³-hybridized carbons (Fsp3) is 0.571. The molecule has 2 N–H and O–H groups in total. The van der Waals surface area contributed by atoms with Crippen LogP contribution in [0.25, 0.3) is 0 Å². The van der Waals surface area contributed by atoms with E-state index < -0.39 is 23.5 Å². The van der Waals surface area contributed by atoms with Gasteiger partial charge in [-0.05, 0) is 12.5 Å². The van der Waals surface area contributed by atoms with E-state index in [4.69, 9.17) is 5.11 Å². The normalized spacial score (nSPS) is 18.2. The number of benzene rings is 1. The topological polar surface area (TPSA) is 78.6 Å². The second-order valence-corrected chi connectivity index (χ2v) is 5.41. The molecule has 1 aromatic rings. The SMILES string of the molecule is Cc1ccc([C@@H](N2CCNCC2)C(F)(F)CO)cc1[N+](=O)[O-]. The number of nitro benzene ring substituents is 1. The van der Waals surface area contributed by atoms with Crippen LogP contribution in [0.2, 0.25) is 0 Å². The summed E-state index contributed by atoms with van der Waals surface area (Å²) in [7, 11) is 0. The number of nitro groups is 1. The second kappa shape index (κ2) is 6.64. The van der Waals surface area contributed by atoms with Gasteiger partial charge in [0.05, 0.1) is 4.92 Å². The molecule has 6 nitrogen and oxygen atoms in total. The van der Waals surface area contributed by atoms with Gasteiger partial charge in [-0.1, -0.05) is 12.1 Å². The lowest BCUT2D eigenvalue weighted by Crippen LogP contribution is -2.51. The summed E-state index contributed by atoms with van der Waals surface area (Å²) < 4.78 is 28.5. The quantitative estimate of drug-likeness (QED) is 0.635. The molecule has 0 saturated carbocycles. The van der Waals surface area contributed by atoms with Gasteiger partial charge < -0.3 is 10.4 Å². The lowest BCUT2D eigenvalue weighted by atomic mass is 9.96. The second-order valence-electron chi connectivity index (χ2n) is 5.41. The van der Waals surface area contributed by atoms with Gasteiger partial charge in [0.25, 0.3) is 11.6 Å². The van der Waals surface area contributed by atoms with Crippen molar-refractivity contribution in [3.05, 3.63) is 39.4 Å². The Morgan fingerprint density at radius 3 is 2.64 bits per heavy atom. The Bertz CT molecular complexity index is 548. The van der Waals surface area contributed by atoms with Gasteiger partial charge in [0.15, 0.2) is 0 Å². The predicted molar refractivity (Wildman–Crippen MR) is 77.0 cm³/mol. The van der Waals surface area contributed by atoms with E-state index >= 15 is 0 Å². The number of nitrogens with zero attached hydrogens (tertiary/aromatic N) is 2. The summed E-state index contributed by atoms with van der Waals surface area (Å²) in [6, 6.07) is 2.75. The monoisotopic (exact) mass is 315 g/mol. The van der Waals surface area contributed by atoms with Crippen LogP contribution < -0.4 is 5.32 Å². The van der Waals surface area contributed by atoms with Gasteiger partial charge in [-0.3, -0.25) is 15.0 Å². The zero-order valence-electron chi connectivity index (χ0n) is 12.3. The van der Waals surface area contributed by atoms with Crippen LogP contribution in [0.15, 0.2) is 18.2 Å². The van der Waals surface area contributed by atoms with Crippen molar-refractivity contribution in [1.29, 1.82) is 0 Å². The molecule has 0 unspecified atom stereocenters. The molecule has 1 atom stereocenters. The molecule has 0 amide bonds. The third-order valence-electron chi connectivity index (χ3n) is 3.87. The molecule has 0 radical (unpaired) electrons. The largest absolute Gasteiger partial charge is 0.390 e. The van der Waals surface area contributed by atoms with Crippen LogP contribution in [0, 0.1) is 17.0 Å². The number of alkyl halides is 2. The van der Waals surface area contributed by atoms with Crippen molar-refractivity contribution in [3.63, 3.8) is 0 Å². The number of nitrogens with one attached hydrogen (secondary N) is 1. The first-order chi connectivity index (χ1) is 10.4. The molecule has 1 aromatic carbocycles. The minimum Gasteiger partial charge on any atom is -0.390 e. The van der Waals surface area contributed by atoms with Crippen LogP contribution >= 0.6 is 0 Å². The Kier molecular flexibility index (Phi) is 5.05. The van der Waals surface area contributed by atoms with Crippen molar-refractivity contribution in [3.8, 4) is 0 Å². The first-order valence-electron chi connectivity index (χ1n) is 7.05. The summed E-state index contributed by atoms with van der Waals surface area (Å²) in [6.07, 6.45) is 0. The lowest BCUT2D eigenvalue weighted by Gasteiger charge is -2.38. The van der Waals surface area contributed by atoms with Gasteiger partial charge in [0.1, 0.15) is 12.6 Å². The molecule has 22 heavy (non-hydrogen) atoms. The van der Waals surface area contributed by atoms with Crippen LogP contribution in [0.5, 0.6) is 0 Å². The molecule has 1 fully saturated rings. The fourth-order valence-electron chi connectivity index (χ4n) is 2.74. The summed E-state index contributed by atoms with van der Waals surface area (Å²) in [5.74, 6) is -3.37. The Morgan fingerprint density at radius 1 is 1.45 bits per heavy atom. The van der Waals surface area contributed by atoms with Crippen LogP contribution in [0.1, 0.15) is 17.2 Å². The lowest BCUT2D eigenvalue weighted by molar-refractivity contribution is -0.385. The minimum absolute atomic E-state index is 0.151. The number of hydrogen-bond acceptors (Lipinski definition) is 5. The number of piperazine rings is 1. The fourth-order valence-corrected chi connectivity index (χ4v) is 2.74. The molecule has 122 valence electrons. The van der Waals surface area contributed by atoms with Crippen molar-refractivity contribution in [2.45, 2.75) is 18.9 Å². The van der Waals surface area contributed by atoms with E-state index in [-0.39, 0.29) is 11.3 Å². The Hall–Kier alpha value is -1.64. The summed E-state index contributed by atoms with van der Waals surface area (Å²) in [5, 5.41) is 23.2.